The Morgan fingerprint density at radius 3 is 1.04 bits per heavy atom. The molecule has 0 aliphatic rings. The van der Waals surface area contributed by atoms with Crippen molar-refractivity contribution in [2.45, 2.75) is 0 Å². The van der Waals surface area contributed by atoms with E-state index in [0.717, 1.165) is 22.5 Å². The van der Waals surface area contributed by atoms with E-state index >= 15 is 0 Å². The Labute approximate surface area is 157 Å². The van der Waals surface area contributed by atoms with Gasteiger partial charge in [-0.3, -0.25) is 5.41 Å². The van der Waals surface area contributed by atoms with Crippen molar-refractivity contribution >= 4 is 17.1 Å². The quantitative estimate of drug-likeness (QED) is 0.680. The normalized spacial score (nSPS) is 9.69. The molecule has 0 atom stereocenters. The van der Waals surface area contributed by atoms with E-state index in [1.165, 1.54) is 0 Å². The van der Waals surface area contributed by atoms with Gasteiger partial charge in [-0.2, -0.15) is 0 Å². The first kappa shape index (κ1) is 19.3. The molecule has 0 saturated carbocycles. The largest absolute Gasteiger partial charge is 0.378 e. The van der Waals surface area contributed by atoms with Crippen molar-refractivity contribution in [3.63, 3.8) is 0 Å². The molecule has 0 aliphatic heterocycles. The second kappa shape index (κ2) is 9.42. The molecule has 3 aromatic rings. The number of rotatable bonds is 4. The van der Waals surface area contributed by atoms with E-state index in [1.807, 2.05) is 113 Å². The third-order valence-corrected chi connectivity index (χ3v) is 4.01. The highest BCUT2D eigenvalue weighted by Crippen LogP contribution is 2.18. The lowest BCUT2D eigenvalue weighted by Crippen LogP contribution is -2.10. The predicted molar refractivity (Wildman–Crippen MR) is 114 cm³/mol. The molecular weight excluding hydrogens is 318 g/mol. The van der Waals surface area contributed by atoms with Crippen LogP contribution in [0.5, 0.6) is 0 Å². The summed E-state index contributed by atoms with van der Waals surface area (Å²) in [5.41, 5.74) is 4.72. The van der Waals surface area contributed by atoms with Crippen LogP contribution in [-0.2, 0) is 0 Å². The minimum Gasteiger partial charge on any atom is -0.378 e. The van der Waals surface area contributed by atoms with Crippen molar-refractivity contribution in [1.29, 1.82) is 5.41 Å². The van der Waals surface area contributed by atoms with Crippen LogP contribution in [0.2, 0.25) is 0 Å². The van der Waals surface area contributed by atoms with Gasteiger partial charge in [0, 0.05) is 50.7 Å². The van der Waals surface area contributed by atoms with E-state index < -0.39 is 0 Å². The zero-order chi connectivity index (χ0) is 18.9. The SMILES string of the molecule is CN(C)c1ccc(C(=N)c2ccc(N(C)C)cc2)cc1.c1ccccc1. The second-order valence-electron chi connectivity index (χ2n) is 6.41. The van der Waals surface area contributed by atoms with Crippen molar-refractivity contribution in [1.82, 2.24) is 0 Å². The topological polar surface area (TPSA) is 30.3 Å². The van der Waals surface area contributed by atoms with Gasteiger partial charge in [0.15, 0.2) is 0 Å². The average Bonchev–Trinajstić information content (AvgIpc) is 2.69. The van der Waals surface area contributed by atoms with Crippen molar-refractivity contribution in [2.75, 3.05) is 38.0 Å². The zero-order valence-electron chi connectivity index (χ0n) is 16.0. The standard InChI is InChI=1S/C17H21N3.C6H6/c1-19(2)15-9-5-13(6-10-15)17(18)14-7-11-16(12-8-14)20(3)4;1-2-4-6-5-3-1/h5-12,18H,1-4H3;1-6H. The minimum atomic E-state index is 0.556. The number of nitrogens with one attached hydrogen (secondary N) is 1. The fourth-order valence-electron chi connectivity index (χ4n) is 2.40. The van der Waals surface area contributed by atoms with Crippen molar-refractivity contribution < 1.29 is 0 Å². The lowest BCUT2D eigenvalue weighted by atomic mass is 10.0. The summed E-state index contributed by atoms with van der Waals surface area (Å²) in [6.07, 6.45) is 0. The third-order valence-electron chi connectivity index (χ3n) is 4.01. The molecule has 3 rings (SSSR count). The maximum atomic E-state index is 8.30. The smallest absolute Gasteiger partial charge is 0.0684 e. The number of hydrogen-bond donors (Lipinski definition) is 1. The molecule has 0 unspecified atom stereocenters. The van der Waals surface area contributed by atoms with E-state index in [1.54, 1.807) is 0 Å². The Bertz CT molecular complexity index is 709. The molecule has 0 spiro atoms. The van der Waals surface area contributed by atoms with Gasteiger partial charge in [-0.25, -0.2) is 0 Å². The van der Waals surface area contributed by atoms with Crippen molar-refractivity contribution in [3.8, 4) is 0 Å². The first-order chi connectivity index (χ1) is 12.5. The Hall–Kier alpha value is -3.07. The van der Waals surface area contributed by atoms with Gasteiger partial charge in [-0.1, -0.05) is 60.7 Å². The van der Waals surface area contributed by atoms with Gasteiger partial charge in [0.05, 0.1) is 5.71 Å². The van der Waals surface area contributed by atoms with Crippen LogP contribution in [0.25, 0.3) is 0 Å². The van der Waals surface area contributed by atoms with Crippen LogP contribution in [-0.4, -0.2) is 33.9 Å². The van der Waals surface area contributed by atoms with Gasteiger partial charge in [0.2, 0.25) is 0 Å². The highest BCUT2D eigenvalue weighted by molar-refractivity contribution is 6.11. The van der Waals surface area contributed by atoms with E-state index in [9.17, 15) is 0 Å². The monoisotopic (exact) mass is 345 g/mol. The van der Waals surface area contributed by atoms with Crippen molar-refractivity contribution in [2.24, 2.45) is 0 Å². The summed E-state index contributed by atoms with van der Waals surface area (Å²) in [6, 6.07) is 28.1. The average molecular weight is 345 g/mol. The Kier molecular flexibility index (Phi) is 6.98. The first-order valence-electron chi connectivity index (χ1n) is 8.63. The molecule has 0 saturated heterocycles. The van der Waals surface area contributed by atoms with E-state index in [4.69, 9.17) is 5.41 Å². The molecule has 0 bridgehead atoms. The maximum Gasteiger partial charge on any atom is 0.0684 e. The minimum absolute atomic E-state index is 0.556. The predicted octanol–water partition coefficient (Wildman–Crippen LogP) is 4.92. The lowest BCUT2D eigenvalue weighted by Gasteiger charge is -2.14. The summed E-state index contributed by atoms with van der Waals surface area (Å²) in [5.74, 6) is 0. The first-order valence-corrected chi connectivity index (χ1v) is 8.63. The molecule has 0 amide bonds. The summed E-state index contributed by atoms with van der Waals surface area (Å²) in [6.45, 7) is 0. The fraction of sp³-hybridized carbons (Fsp3) is 0.174. The highest BCUT2D eigenvalue weighted by atomic mass is 15.1. The van der Waals surface area contributed by atoms with Gasteiger partial charge in [-0.05, 0) is 24.3 Å². The molecular formula is C23H27N3. The van der Waals surface area contributed by atoms with Crippen LogP contribution in [0, 0.1) is 5.41 Å². The zero-order valence-corrected chi connectivity index (χ0v) is 16.0. The molecule has 0 aliphatic carbocycles. The van der Waals surface area contributed by atoms with Crippen LogP contribution in [0.4, 0.5) is 11.4 Å². The Morgan fingerprint density at radius 2 is 0.808 bits per heavy atom. The van der Waals surface area contributed by atoms with Crippen molar-refractivity contribution in [3.05, 3.63) is 96.1 Å². The van der Waals surface area contributed by atoms with Crippen LogP contribution >= 0.6 is 0 Å². The van der Waals surface area contributed by atoms with Gasteiger partial charge < -0.3 is 9.80 Å². The highest BCUT2D eigenvalue weighted by Gasteiger charge is 2.06. The second-order valence-corrected chi connectivity index (χ2v) is 6.41. The number of benzene rings is 3. The molecule has 26 heavy (non-hydrogen) atoms. The number of nitrogens with zero attached hydrogens (tertiary/aromatic N) is 2. The summed E-state index contributed by atoms with van der Waals surface area (Å²) >= 11 is 0. The molecule has 3 nitrogen and oxygen atoms in total. The Balaban J connectivity index is 0.000000342. The van der Waals surface area contributed by atoms with Gasteiger partial charge in [-0.15, -0.1) is 0 Å². The summed E-state index contributed by atoms with van der Waals surface area (Å²) in [5, 5.41) is 8.30. The van der Waals surface area contributed by atoms with Gasteiger partial charge >= 0.3 is 0 Å². The van der Waals surface area contributed by atoms with Crippen LogP contribution in [0.3, 0.4) is 0 Å². The molecule has 3 heteroatoms. The molecule has 0 fully saturated rings. The number of anilines is 2. The molecule has 0 heterocycles. The molecule has 0 radical (unpaired) electrons. The lowest BCUT2D eigenvalue weighted by molar-refractivity contribution is 1.13. The van der Waals surface area contributed by atoms with E-state index in [-0.39, 0.29) is 0 Å². The summed E-state index contributed by atoms with van der Waals surface area (Å²) < 4.78 is 0. The summed E-state index contributed by atoms with van der Waals surface area (Å²) in [4.78, 5) is 4.11. The van der Waals surface area contributed by atoms with E-state index in [2.05, 4.69) is 9.80 Å². The van der Waals surface area contributed by atoms with Crippen LogP contribution < -0.4 is 9.80 Å². The van der Waals surface area contributed by atoms with Gasteiger partial charge in [0.1, 0.15) is 0 Å². The molecule has 1 N–H and O–H groups in total. The number of hydrogen-bond acceptors (Lipinski definition) is 3. The molecule has 3 aromatic carbocycles. The van der Waals surface area contributed by atoms with Crippen LogP contribution in [0.1, 0.15) is 11.1 Å². The fourth-order valence-corrected chi connectivity index (χ4v) is 2.40. The van der Waals surface area contributed by atoms with Crippen LogP contribution in [0.15, 0.2) is 84.9 Å². The Morgan fingerprint density at radius 1 is 0.538 bits per heavy atom. The van der Waals surface area contributed by atoms with E-state index in [0.29, 0.717) is 5.71 Å². The maximum absolute atomic E-state index is 8.30. The third kappa shape index (κ3) is 5.49. The van der Waals surface area contributed by atoms with Gasteiger partial charge in [0.25, 0.3) is 0 Å². The summed E-state index contributed by atoms with van der Waals surface area (Å²) in [7, 11) is 8.06. The molecule has 0 aromatic heterocycles. The molecule has 134 valence electrons.